The zero-order valence-electron chi connectivity index (χ0n) is 29.4. The van der Waals surface area contributed by atoms with E-state index in [4.69, 9.17) is 18.8 Å². The third kappa shape index (κ3) is 4.53. The molecule has 5 nitrogen and oxygen atoms in total. The Morgan fingerprint density at radius 2 is 0.945 bits per heavy atom. The van der Waals surface area contributed by atoms with Crippen LogP contribution >= 0.6 is 0 Å². The lowest BCUT2D eigenvalue weighted by molar-refractivity contribution is 0.669. The van der Waals surface area contributed by atoms with E-state index in [2.05, 4.69) is 120 Å². The molecule has 0 saturated carbocycles. The molecule has 0 atom stereocenters. The van der Waals surface area contributed by atoms with E-state index in [0.717, 1.165) is 105 Å². The van der Waals surface area contributed by atoms with E-state index in [1.165, 1.54) is 5.39 Å². The van der Waals surface area contributed by atoms with Crippen molar-refractivity contribution in [2.45, 2.75) is 0 Å². The lowest BCUT2D eigenvalue weighted by Crippen LogP contribution is -1.98. The van der Waals surface area contributed by atoms with Crippen LogP contribution < -0.4 is 0 Å². The summed E-state index contributed by atoms with van der Waals surface area (Å²) in [4.78, 5) is 10.4. The third-order valence-electron chi connectivity index (χ3n) is 11.0. The van der Waals surface area contributed by atoms with Crippen molar-refractivity contribution in [1.29, 1.82) is 0 Å². The standard InChI is InChI=1S/C50H29N3O2/c1-3-13-30(14-4-1)41-29-42(31-15-5-2-6-16-31)52-50(51-41)32-23-24-34-39(25-32)49-40(36-19-9-12-22-47(36)55-49)27-44(34)53-43-20-10-7-17-33(43)37-28-48-38(26-45(37)53)35-18-8-11-21-46(35)54-48/h1-29H. The number of benzene rings is 8. The molecule has 12 rings (SSSR count). The molecule has 0 unspecified atom stereocenters. The van der Waals surface area contributed by atoms with Gasteiger partial charge in [-0.3, -0.25) is 0 Å². The number of para-hydroxylation sites is 3. The van der Waals surface area contributed by atoms with Gasteiger partial charge < -0.3 is 13.4 Å². The Balaban J connectivity index is 1.17. The Morgan fingerprint density at radius 3 is 1.67 bits per heavy atom. The van der Waals surface area contributed by atoms with Crippen molar-refractivity contribution in [2.75, 3.05) is 0 Å². The molecule has 0 fully saturated rings. The molecule has 0 saturated heterocycles. The van der Waals surface area contributed by atoms with Crippen molar-refractivity contribution < 1.29 is 8.83 Å². The molecule has 0 spiro atoms. The molecule has 5 heteroatoms. The van der Waals surface area contributed by atoms with Crippen LogP contribution in [0.5, 0.6) is 0 Å². The van der Waals surface area contributed by atoms with Gasteiger partial charge in [0.1, 0.15) is 22.3 Å². The SMILES string of the molecule is c1ccc(-c2cc(-c3ccccc3)nc(-c3ccc4c(-n5c6ccccc6c6cc7oc8ccccc8c7cc65)cc5c6ccccc6oc5c4c3)n2)cc1. The first kappa shape index (κ1) is 30.0. The van der Waals surface area contributed by atoms with Gasteiger partial charge in [-0.2, -0.15) is 0 Å². The van der Waals surface area contributed by atoms with Crippen LogP contribution in [0.3, 0.4) is 0 Å². The zero-order valence-corrected chi connectivity index (χ0v) is 29.4. The van der Waals surface area contributed by atoms with E-state index in [1.807, 2.05) is 60.7 Å². The van der Waals surface area contributed by atoms with Crippen LogP contribution in [0.4, 0.5) is 0 Å². The van der Waals surface area contributed by atoms with Crippen LogP contribution in [0.1, 0.15) is 0 Å². The summed E-state index contributed by atoms with van der Waals surface area (Å²) in [6.07, 6.45) is 0. The molecule has 0 aliphatic heterocycles. The smallest absolute Gasteiger partial charge is 0.160 e. The van der Waals surface area contributed by atoms with E-state index in [-0.39, 0.29) is 0 Å². The highest BCUT2D eigenvalue weighted by Gasteiger charge is 2.21. The van der Waals surface area contributed by atoms with Gasteiger partial charge in [-0.25, -0.2) is 9.97 Å². The van der Waals surface area contributed by atoms with E-state index in [1.54, 1.807) is 0 Å². The van der Waals surface area contributed by atoms with Crippen LogP contribution in [0, 0.1) is 0 Å². The van der Waals surface area contributed by atoms with Gasteiger partial charge in [0.25, 0.3) is 0 Å². The van der Waals surface area contributed by atoms with Crippen molar-refractivity contribution >= 4 is 76.5 Å². The average Bonchev–Trinajstić information content (AvgIpc) is 3.92. The number of nitrogens with zero attached hydrogens (tertiary/aromatic N) is 3. The van der Waals surface area contributed by atoms with Gasteiger partial charge in [-0.05, 0) is 48.5 Å². The maximum atomic E-state index is 6.72. The fraction of sp³-hybridized carbons (Fsp3) is 0. The number of furan rings is 2. The summed E-state index contributed by atoms with van der Waals surface area (Å²) in [6.45, 7) is 0. The first-order valence-electron chi connectivity index (χ1n) is 18.5. The number of aromatic nitrogens is 3. The summed E-state index contributed by atoms with van der Waals surface area (Å²) in [6, 6.07) is 61.3. The summed E-state index contributed by atoms with van der Waals surface area (Å²) in [5, 5.41) is 8.70. The predicted octanol–water partition coefficient (Wildman–Crippen LogP) is 13.5. The molecule has 4 aromatic heterocycles. The van der Waals surface area contributed by atoms with Crippen molar-refractivity contribution in [2.24, 2.45) is 0 Å². The maximum absolute atomic E-state index is 6.72. The number of hydrogen-bond acceptors (Lipinski definition) is 4. The maximum Gasteiger partial charge on any atom is 0.160 e. The Labute approximate surface area is 314 Å². The minimum Gasteiger partial charge on any atom is -0.456 e. The van der Waals surface area contributed by atoms with Crippen molar-refractivity contribution in [3.63, 3.8) is 0 Å². The normalized spacial score (nSPS) is 12.0. The Bertz CT molecular complexity index is 3430. The quantitative estimate of drug-likeness (QED) is 0.183. The van der Waals surface area contributed by atoms with Crippen molar-refractivity contribution in [3.8, 4) is 39.6 Å². The largest absolute Gasteiger partial charge is 0.456 e. The topological polar surface area (TPSA) is 57.0 Å². The molecule has 12 aromatic rings. The molecule has 0 N–H and O–H groups in total. The number of hydrogen-bond donors (Lipinski definition) is 0. The highest BCUT2D eigenvalue weighted by atomic mass is 16.3. The second-order valence-electron chi connectivity index (χ2n) is 14.1. The van der Waals surface area contributed by atoms with E-state index < -0.39 is 0 Å². The minimum atomic E-state index is 0.655. The molecule has 8 aromatic carbocycles. The molecule has 0 radical (unpaired) electrons. The summed E-state index contributed by atoms with van der Waals surface area (Å²) in [7, 11) is 0. The van der Waals surface area contributed by atoms with Crippen LogP contribution in [0.2, 0.25) is 0 Å². The van der Waals surface area contributed by atoms with Crippen LogP contribution in [-0.4, -0.2) is 14.5 Å². The first-order valence-corrected chi connectivity index (χ1v) is 18.5. The number of rotatable bonds is 4. The Hall–Kier alpha value is -7.50. The Kier molecular flexibility index (Phi) is 6.27. The second-order valence-corrected chi connectivity index (χ2v) is 14.1. The highest BCUT2D eigenvalue weighted by Crippen LogP contribution is 2.43. The Morgan fingerprint density at radius 1 is 0.345 bits per heavy atom. The minimum absolute atomic E-state index is 0.655. The third-order valence-corrected chi connectivity index (χ3v) is 11.0. The predicted molar refractivity (Wildman–Crippen MR) is 225 cm³/mol. The average molecular weight is 704 g/mol. The van der Waals surface area contributed by atoms with Gasteiger partial charge >= 0.3 is 0 Å². The van der Waals surface area contributed by atoms with Gasteiger partial charge in [0, 0.05) is 59.8 Å². The van der Waals surface area contributed by atoms with Crippen LogP contribution in [0.15, 0.2) is 185 Å². The highest BCUT2D eigenvalue weighted by molar-refractivity contribution is 6.21. The summed E-state index contributed by atoms with van der Waals surface area (Å²) < 4.78 is 15.5. The molecule has 0 aliphatic rings. The summed E-state index contributed by atoms with van der Waals surface area (Å²) in [5.74, 6) is 0.655. The van der Waals surface area contributed by atoms with E-state index >= 15 is 0 Å². The second kappa shape index (κ2) is 11.5. The molecule has 0 amide bonds. The zero-order chi connectivity index (χ0) is 36.0. The molecule has 4 heterocycles. The summed E-state index contributed by atoms with van der Waals surface area (Å²) in [5.41, 5.74) is 11.5. The fourth-order valence-electron chi connectivity index (χ4n) is 8.44. The van der Waals surface area contributed by atoms with Crippen LogP contribution in [-0.2, 0) is 0 Å². The molecular weight excluding hydrogens is 675 g/mol. The monoisotopic (exact) mass is 703 g/mol. The number of fused-ring (bicyclic) bond motifs is 11. The van der Waals surface area contributed by atoms with Gasteiger partial charge in [0.2, 0.25) is 0 Å². The van der Waals surface area contributed by atoms with Gasteiger partial charge in [0.05, 0.1) is 28.1 Å². The lowest BCUT2D eigenvalue weighted by atomic mass is 10.0. The molecule has 55 heavy (non-hydrogen) atoms. The molecular formula is C50H29N3O2. The van der Waals surface area contributed by atoms with E-state index in [0.29, 0.717) is 5.82 Å². The van der Waals surface area contributed by atoms with Gasteiger partial charge in [-0.15, -0.1) is 0 Å². The van der Waals surface area contributed by atoms with E-state index in [9.17, 15) is 0 Å². The molecule has 0 aliphatic carbocycles. The van der Waals surface area contributed by atoms with Gasteiger partial charge in [0.15, 0.2) is 5.82 Å². The van der Waals surface area contributed by atoms with Crippen LogP contribution in [0.25, 0.3) is 116 Å². The summed E-state index contributed by atoms with van der Waals surface area (Å²) >= 11 is 0. The fourth-order valence-corrected chi connectivity index (χ4v) is 8.44. The molecule has 0 bridgehead atoms. The lowest BCUT2D eigenvalue weighted by Gasteiger charge is -2.14. The van der Waals surface area contributed by atoms with Crippen molar-refractivity contribution in [1.82, 2.24) is 14.5 Å². The van der Waals surface area contributed by atoms with Gasteiger partial charge in [-0.1, -0.05) is 127 Å². The first-order chi connectivity index (χ1) is 27.2. The molecule has 256 valence electrons. The van der Waals surface area contributed by atoms with Crippen molar-refractivity contribution in [3.05, 3.63) is 176 Å².